The summed E-state index contributed by atoms with van der Waals surface area (Å²) in [5.74, 6) is 0. The number of hydrogen-bond donors (Lipinski definition) is 2. The van der Waals surface area contributed by atoms with E-state index in [4.69, 9.17) is 5.11 Å². The van der Waals surface area contributed by atoms with Gasteiger partial charge in [-0.1, -0.05) is 18.6 Å². The van der Waals surface area contributed by atoms with E-state index in [9.17, 15) is 5.11 Å². The lowest BCUT2D eigenvalue weighted by Crippen LogP contribution is -2.12. The normalized spacial score (nSPS) is 18.1. The van der Waals surface area contributed by atoms with Gasteiger partial charge in [-0.3, -0.25) is 0 Å². The summed E-state index contributed by atoms with van der Waals surface area (Å²) in [6.45, 7) is 5.70. The van der Waals surface area contributed by atoms with E-state index in [0.29, 0.717) is 6.42 Å². The predicted octanol–water partition coefficient (Wildman–Crippen LogP) is 1.47. The third kappa shape index (κ3) is 6.07. The van der Waals surface area contributed by atoms with Gasteiger partial charge in [0.1, 0.15) is 0 Å². The lowest BCUT2D eigenvalue weighted by molar-refractivity contribution is 0.116. The minimum absolute atomic E-state index is 0.425. The van der Waals surface area contributed by atoms with E-state index in [1.54, 1.807) is 13.0 Å². The van der Waals surface area contributed by atoms with Crippen molar-refractivity contribution in [3.63, 3.8) is 0 Å². The summed E-state index contributed by atoms with van der Waals surface area (Å²) in [5, 5.41) is 18.2. The molecule has 0 amide bonds. The SMILES string of the molecule is CCC(C)=CC(O)CC(C)O. The monoisotopic (exact) mass is 158 g/mol. The van der Waals surface area contributed by atoms with Crippen molar-refractivity contribution in [2.75, 3.05) is 0 Å². The molecule has 66 valence electrons. The van der Waals surface area contributed by atoms with Crippen molar-refractivity contribution < 1.29 is 10.2 Å². The average molecular weight is 158 g/mol. The molecule has 0 fully saturated rings. The second-order valence-electron chi connectivity index (χ2n) is 3.02. The van der Waals surface area contributed by atoms with Crippen molar-refractivity contribution >= 4 is 0 Å². The maximum atomic E-state index is 9.28. The molecular formula is C9H18O2. The zero-order valence-corrected chi connectivity index (χ0v) is 7.54. The third-order valence-corrected chi connectivity index (χ3v) is 1.62. The number of allylic oxidation sites excluding steroid dienone is 1. The molecule has 0 heterocycles. The zero-order chi connectivity index (χ0) is 8.85. The first-order valence-corrected chi connectivity index (χ1v) is 4.09. The van der Waals surface area contributed by atoms with Gasteiger partial charge in [0.25, 0.3) is 0 Å². The summed E-state index contributed by atoms with van der Waals surface area (Å²) in [7, 11) is 0. The summed E-state index contributed by atoms with van der Waals surface area (Å²) >= 11 is 0. The van der Waals surface area contributed by atoms with Crippen LogP contribution in [0.25, 0.3) is 0 Å². The summed E-state index contributed by atoms with van der Waals surface area (Å²) < 4.78 is 0. The van der Waals surface area contributed by atoms with Crippen molar-refractivity contribution in [2.45, 2.75) is 45.8 Å². The standard InChI is InChI=1S/C9H18O2/c1-4-7(2)5-9(11)6-8(3)10/h5,8-11H,4,6H2,1-3H3. The van der Waals surface area contributed by atoms with Crippen molar-refractivity contribution in [1.29, 1.82) is 0 Å². The number of aliphatic hydroxyl groups is 2. The highest BCUT2D eigenvalue weighted by molar-refractivity contribution is 5.00. The largest absolute Gasteiger partial charge is 0.393 e. The Labute approximate surface area is 68.6 Å². The van der Waals surface area contributed by atoms with Gasteiger partial charge in [-0.25, -0.2) is 0 Å². The highest BCUT2D eigenvalue weighted by Gasteiger charge is 2.03. The molecule has 0 radical (unpaired) electrons. The van der Waals surface area contributed by atoms with Crippen LogP contribution in [0.15, 0.2) is 11.6 Å². The number of aliphatic hydroxyl groups excluding tert-OH is 2. The fraction of sp³-hybridized carbons (Fsp3) is 0.778. The van der Waals surface area contributed by atoms with Gasteiger partial charge >= 0.3 is 0 Å². The van der Waals surface area contributed by atoms with Crippen LogP contribution in [-0.4, -0.2) is 22.4 Å². The van der Waals surface area contributed by atoms with Gasteiger partial charge in [-0.05, 0) is 20.3 Å². The molecule has 0 aliphatic carbocycles. The summed E-state index contributed by atoms with van der Waals surface area (Å²) in [4.78, 5) is 0. The Morgan fingerprint density at radius 1 is 1.45 bits per heavy atom. The molecule has 2 atom stereocenters. The molecule has 0 aromatic heterocycles. The van der Waals surface area contributed by atoms with Gasteiger partial charge < -0.3 is 10.2 Å². The van der Waals surface area contributed by atoms with Gasteiger partial charge in [0.05, 0.1) is 12.2 Å². The van der Waals surface area contributed by atoms with Gasteiger partial charge in [0.2, 0.25) is 0 Å². The van der Waals surface area contributed by atoms with Crippen molar-refractivity contribution in [1.82, 2.24) is 0 Å². The minimum Gasteiger partial charge on any atom is -0.393 e. The lowest BCUT2D eigenvalue weighted by atomic mass is 10.1. The van der Waals surface area contributed by atoms with Crippen LogP contribution in [-0.2, 0) is 0 Å². The van der Waals surface area contributed by atoms with Gasteiger partial charge in [-0.15, -0.1) is 0 Å². The smallest absolute Gasteiger partial charge is 0.0747 e. The highest BCUT2D eigenvalue weighted by atomic mass is 16.3. The molecule has 0 spiro atoms. The van der Waals surface area contributed by atoms with Gasteiger partial charge in [-0.2, -0.15) is 0 Å². The van der Waals surface area contributed by atoms with E-state index in [1.807, 2.05) is 13.8 Å². The average Bonchev–Trinajstić information content (AvgIpc) is 1.85. The number of rotatable bonds is 4. The molecule has 0 rings (SSSR count). The topological polar surface area (TPSA) is 40.5 Å². The van der Waals surface area contributed by atoms with E-state index < -0.39 is 12.2 Å². The molecule has 0 saturated heterocycles. The van der Waals surface area contributed by atoms with E-state index in [-0.39, 0.29) is 0 Å². The van der Waals surface area contributed by atoms with Crippen LogP contribution in [0.4, 0.5) is 0 Å². The van der Waals surface area contributed by atoms with Crippen LogP contribution in [0.3, 0.4) is 0 Å². The van der Waals surface area contributed by atoms with E-state index in [1.165, 1.54) is 0 Å². The highest BCUT2D eigenvalue weighted by Crippen LogP contribution is 2.05. The van der Waals surface area contributed by atoms with Crippen LogP contribution in [0.5, 0.6) is 0 Å². The van der Waals surface area contributed by atoms with Crippen LogP contribution in [0.1, 0.15) is 33.6 Å². The molecular weight excluding hydrogens is 140 g/mol. The van der Waals surface area contributed by atoms with Crippen LogP contribution >= 0.6 is 0 Å². The van der Waals surface area contributed by atoms with Crippen LogP contribution in [0.2, 0.25) is 0 Å². The molecule has 0 aromatic carbocycles. The number of hydrogen-bond acceptors (Lipinski definition) is 2. The molecule has 0 aliphatic rings. The second kappa shape index (κ2) is 5.33. The van der Waals surface area contributed by atoms with Crippen molar-refractivity contribution in [3.05, 3.63) is 11.6 Å². The molecule has 2 unspecified atom stereocenters. The van der Waals surface area contributed by atoms with Gasteiger partial charge in [0.15, 0.2) is 0 Å². The van der Waals surface area contributed by atoms with Crippen LogP contribution in [0, 0.1) is 0 Å². The molecule has 2 heteroatoms. The first-order chi connectivity index (χ1) is 5.06. The molecule has 2 N–H and O–H groups in total. The maximum Gasteiger partial charge on any atom is 0.0747 e. The molecule has 0 saturated carbocycles. The van der Waals surface area contributed by atoms with Crippen LogP contribution < -0.4 is 0 Å². The predicted molar refractivity (Wildman–Crippen MR) is 46.4 cm³/mol. The summed E-state index contributed by atoms with van der Waals surface area (Å²) in [6.07, 6.45) is 2.27. The molecule has 11 heavy (non-hydrogen) atoms. The van der Waals surface area contributed by atoms with Gasteiger partial charge in [0, 0.05) is 6.42 Å². The first kappa shape index (κ1) is 10.7. The second-order valence-corrected chi connectivity index (χ2v) is 3.02. The van der Waals surface area contributed by atoms with E-state index in [0.717, 1.165) is 12.0 Å². The molecule has 2 nitrogen and oxygen atoms in total. The zero-order valence-electron chi connectivity index (χ0n) is 7.54. The Balaban J connectivity index is 3.75. The van der Waals surface area contributed by atoms with Crippen molar-refractivity contribution in [3.8, 4) is 0 Å². The fourth-order valence-electron chi connectivity index (χ4n) is 0.864. The summed E-state index contributed by atoms with van der Waals surface area (Å²) in [6, 6.07) is 0. The third-order valence-electron chi connectivity index (χ3n) is 1.62. The van der Waals surface area contributed by atoms with E-state index in [2.05, 4.69) is 0 Å². The Kier molecular flexibility index (Phi) is 5.16. The lowest BCUT2D eigenvalue weighted by Gasteiger charge is -2.08. The Hall–Kier alpha value is -0.340. The summed E-state index contributed by atoms with van der Waals surface area (Å²) in [5.41, 5.74) is 1.16. The fourth-order valence-corrected chi connectivity index (χ4v) is 0.864. The molecule has 0 aromatic rings. The first-order valence-electron chi connectivity index (χ1n) is 4.09. The quantitative estimate of drug-likeness (QED) is 0.608. The molecule has 0 bridgehead atoms. The Morgan fingerprint density at radius 3 is 2.36 bits per heavy atom. The Morgan fingerprint density at radius 2 is 2.00 bits per heavy atom. The van der Waals surface area contributed by atoms with Crippen molar-refractivity contribution in [2.24, 2.45) is 0 Å². The Bertz CT molecular complexity index is 128. The maximum absolute atomic E-state index is 9.28. The molecule has 0 aliphatic heterocycles. The minimum atomic E-state index is -0.491. The van der Waals surface area contributed by atoms with E-state index >= 15 is 0 Å².